The van der Waals surface area contributed by atoms with Gasteiger partial charge in [-0.15, -0.1) is 0 Å². The van der Waals surface area contributed by atoms with Crippen molar-refractivity contribution in [2.45, 2.75) is 19.3 Å². The molecule has 0 saturated carbocycles. The molecular weight excluding hydrogens is 386 g/mol. The van der Waals surface area contributed by atoms with Crippen LogP contribution in [0.1, 0.15) is 19.3 Å². The summed E-state index contributed by atoms with van der Waals surface area (Å²) in [5, 5.41) is 25.4. The van der Waals surface area contributed by atoms with Gasteiger partial charge < -0.3 is 15.5 Å². The van der Waals surface area contributed by atoms with Crippen molar-refractivity contribution in [1.82, 2.24) is 5.32 Å². The molecule has 2 aromatic carbocycles. The topological polar surface area (TPSA) is 128 Å². The molecule has 0 aromatic heterocycles. The maximum Gasteiger partial charge on any atom is 0.292 e. The maximum atomic E-state index is 12.5. The Morgan fingerprint density at radius 3 is 2.43 bits per heavy atom. The highest BCUT2D eigenvalue weighted by atomic mass is 16.6. The molecule has 0 heterocycles. The van der Waals surface area contributed by atoms with E-state index in [2.05, 4.69) is 10.6 Å². The smallest absolute Gasteiger partial charge is 0.292 e. The fourth-order valence-corrected chi connectivity index (χ4v) is 2.79. The average molecular weight is 409 g/mol. The lowest BCUT2D eigenvalue weighted by Gasteiger charge is -2.21. The van der Waals surface area contributed by atoms with E-state index in [1.165, 1.54) is 11.0 Å². The highest BCUT2D eigenvalue weighted by molar-refractivity contribution is 5.95. The van der Waals surface area contributed by atoms with Crippen LogP contribution in [0.4, 0.5) is 17.1 Å². The Balaban J connectivity index is 1.77. The number of para-hydroxylation sites is 3. The quantitative estimate of drug-likeness (QED) is 0.334. The van der Waals surface area contributed by atoms with Crippen molar-refractivity contribution >= 4 is 28.9 Å². The molecule has 2 rings (SSSR count). The van der Waals surface area contributed by atoms with Crippen molar-refractivity contribution in [3.8, 4) is 6.07 Å². The molecule has 2 aromatic rings. The number of nitrogens with zero attached hydrogens (tertiary/aromatic N) is 3. The zero-order chi connectivity index (χ0) is 21.8. The van der Waals surface area contributed by atoms with Crippen LogP contribution in [0.3, 0.4) is 0 Å². The predicted octanol–water partition coefficient (Wildman–Crippen LogP) is 2.85. The second kappa shape index (κ2) is 11.8. The predicted molar refractivity (Wildman–Crippen MR) is 113 cm³/mol. The van der Waals surface area contributed by atoms with Gasteiger partial charge in [-0.3, -0.25) is 19.7 Å². The van der Waals surface area contributed by atoms with E-state index in [0.717, 1.165) is 0 Å². The lowest BCUT2D eigenvalue weighted by Crippen LogP contribution is -2.34. The van der Waals surface area contributed by atoms with E-state index in [0.29, 0.717) is 17.9 Å². The average Bonchev–Trinajstić information content (AvgIpc) is 2.76. The second-order valence-electron chi connectivity index (χ2n) is 6.34. The fraction of sp³-hybridized carbons (Fsp3) is 0.286. The van der Waals surface area contributed by atoms with Gasteiger partial charge in [-0.2, -0.15) is 5.26 Å². The molecule has 0 atom stereocenters. The Morgan fingerprint density at radius 2 is 1.73 bits per heavy atom. The monoisotopic (exact) mass is 409 g/mol. The third-order valence-electron chi connectivity index (χ3n) is 4.25. The highest BCUT2D eigenvalue weighted by Gasteiger charge is 2.16. The van der Waals surface area contributed by atoms with Crippen LogP contribution in [-0.4, -0.2) is 36.4 Å². The molecule has 0 fully saturated rings. The molecular formula is C21H23N5O4. The van der Waals surface area contributed by atoms with Crippen molar-refractivity contribution in [2.75, 3.05) is 29.9 Å². The minimum Gasteiger partial charge on any atom is -0.378 e. The number of benzene rings is 2. The molecule has 156 valence electrons. The van der Waals surface area contributed by atoms with Gasteiger partial charge in [-0.05, 0) is 18.2 Å². The van der Waals surface area contributed by atoms with Crippen LogP contribution in [0.15, 0.2) is 54.6 Å². The SMILES string of the molecule is N#CCCN(C(=O)CCC(=O)NCCNc1ccccc1[N+](=O)[O-])c1ccccc1. The minimum atomic E-state index is -0.475. The Morgan fingerprint density at radius 1 is 1.03 bits per heavy atom. The van der Waals surface area contributed by atoms with E-state index in [1.54, 1.807) is 42.5 Å². The maximum absolute atomic E-state index is 12.5. The largest absolute Gasteiger partial charge is 0.378 e. The molecule has 0 bridgehead atoms. The van der Waals surface area contributed by atoms with Gasteiger partial charge in [0.2, 0.25) is 11.8 Å². The van der Waals surface area contributed by atoms with Gasteiger partial charge in [0, 0.05) is 44.2 Å². The molecule has 2 N–H and O–H groups in total. The van der Waals surface area contributed by atoms with Crippen molar-refractivity contribution in [2.24, 2.45) is 0 Å². The van der Waals surface area contributed by atoms with Crippen LogP contribution in [-0.2, 0) is 9.59 Å². The molecule has 0 saturated heterocycles. The Hall–Kier alpha value is -3.93. The normalized spacial score (nSPS) is 9.97. The number of nitriles is 1. The zero-order valence-corrected chi connectivity index (χ0v) is 16.4. The van der Waals surface area contributed by atoms with Crippen molar-refractivity contribution < 1.29 is 14.5 Å². The van der Waals surface area contributed by atoms with Gasteiger partial charge in [-0.1, -0.05) is 30.3 Å². The first-order valence-corrected chi connectivity index (χ1v) is 9.49. The van der Waals surface area contributed by atoms with Crippen molar-refractivity contribution in [1.29, 1.82) is 5.26 Å². The van der Waals surface area contributed by atoms with Crippen LogP contribution in [0.5, 0.6) is 0 Å². The number of anilines is 2. The molecule has 30 heavy (non-hydrogen) atoms. The van der Waals surface area contributed by atoms with Gasteiger partial charge in [0.05, 0.1) is 17.4 Å². The summed E-state index contributed by atoms with van der Waals surface area (Å²) in [5.41, 5.74) is 1.03. The van der Waals surface area contributed by atoms with Crippen molar-refractivity contribution in [3.63, 3.8) is 0 Å². The van der Waals surface area contributed by atoms with E-state index in [9.17, 15) is 19.7 Å². The van der Waals surface area contributed by atoms with E-state index < -0.39 is 4.92 Å². The number of carbonyl (C=O) groups is 2. The number of nitrogens with one attached hydrogen (secondary N) is 2. The number of nitro groups is 1. The summed E-state index contributed by atoms with van der Waals surface area (Å²) in [6.07, 6.45) is 0.230. The number of hydrogen-bond acceptors (Lipinski definition) is 6. The van der Waals surface area contributed by atoms with E-state index >= 15 is 0 Å². The first kappa shape index (κ1) is 22.4. The van der Waals surface area contributed by atoms with Crippen LogP contribution in [0.2, 0.25) is 0 Å². The molecule has 9 heteroatoms. The molecule has 0 radical (unpaired) electrons. The molecule has 0 aliphatic heterocycles. The lowest BCUT2D eigenvalue weighted by atomic mass is 10.2. The van der Waals surface area contributed by atoms with Gasteiger partial charge in [0.15, 0.2) is 0 Å². The standard InChI is InChI=1S/C21H23N5O4/c22-13-6-16-25(17-7-2-1-3-8-17)21(28)12-11-20(27)24-15-14-23-18-9-4-5-10-19(18)26(29)30/h1-5,7-10,23H,6,11-12,14-16H2,(H,24,27). The van der Waals surface area contributed by atoms with Crippen LogP contribution >= 0.6 is 0 Å². The number of rotatable bonds is 11. The first-order chi connectivity index (χ1) is 14.5. The summed E-state index contributed by atoms with van der Waals surface area (Å²) >= 11 is 0. The number of hydrogen-bond donors (Lipinski definition) is 2. The Bertz CT molecular complexity index is 911. The second-order valence-corrected chi connectivity index (χ2v) is 6.34. The summed E-state index contributed by atoms with van der Waals surface area (Å²) in [6.45, 7) is 0.833. The fourth-order valence-electron chi connectivity index (χ4n) is 2.79. The van der Waals surface area contributed by atoms with Crippen LogP contribution in [0.25, 0.3) is 0 Å². The Labute approximate surface area is 174 Å². The van der Waals surface area contributed by atoms with E-state index in [-0.39, 0.29) is 49.9 Å². The summed E-state index contributed by atoms with van der Waals surface area (Å²) in [6, 6.07) is 17.3. The van der Waals surface area contributed by atoms with Gasteiger partial charge >= 0.3 is 0 Å². The Kier molecular flexibility index (Phi) is 8.80. The highest BCUT2D eigenvalue weighted by Crippen LogP contribution is 2.22. The molecule has 0 aliphatic rings. The summed E-state index contributed by atoms with van der Waals surface area (Å²) in [5.74, 6) is -0.523. The lowest BCUT2D eigenvalue weighted by molar-refractivity contribution is -0.384. The van der Waals surface area contributed by atoms with Gasteiger partial charge in [0.25, 0.3) is 5.69 Å². The van der Waals surface area contributed by atoms with E-state index in [1.807, 2.05) is 12.1 Å². The minimum absolute atomic E-state index is 0.0141. The van der Waals surface area contributed by atoms with Crippen LogP contribution < -0.4 is 15.5 Å². The number of carbonyl (C=O) groups excluding carboxylic acids is 2. The molecule has 9 nitrogen and oxygen atoms in total. The number of amides is 2. The molecule has 0 aliphatic carbocycles. The van der Waals surface area contributed by atoms with Gasteiger partial charge in [0.1, 0.15) is 5.69 Å². The third kappa shape index (κ3) is 6.91. The molecule has 0 unspecified atom stereocenters. The summed E-state index contributed by atoms with van der Waals surface area (Å²) < 4.78 is 0. The zero-order valence-electron chi connectivity index (χ0n) is 16.4. The molecule has 2 amide bonds. The van der Waals surface area contributed by atoms with E-state index in [4.69, 9.17) is 5.26 Å². The number of nitro benzene ring substituents is 1. The van der Waals surface area contributed by atoms with Crippen LogP contribution in [0, 0.1) is 21.4 Å². The van der Waals surface area contributed by atoms with Crippen molar-refractivity contribution in [3.05, 3.63) is 64.7 Å². The van der Waals surface area contributed by atoms with Gasteiger partial charge in [-0.25, -0.2) is 0 Å². The summed E-state index contributed by atoms with van der Waals surface area (Å²) in [4.78, 5) is 36.6. The summed E-state index contributed by atoms with van der Waals surface area (Å²) in [7, 11) is 0. The first-order valence-electron chi connectivity index (χ1n) is 9.49. The third-order valence-corrected chi connectivity index (χ3v) is 4.25. The molecule has 0 spiro atoms.